The molecule has 0 amide bonds. The maximum absolute atomic E-state index is 5.64. The standard InChI is InChI=1S/C24H21N3S2/c1-17-25-22(16-29-17)20-13-8-14-21(15-20)26-24(28)27-23(18-9-4-2-5-10-18)19-11-6-3-7-12-19/h2-16,23H,1H3,(H2,26,27,28). The highest BCUT2D eigenvalue weighted by molar-refractivity contribution is 7.80. The smallest absolute Gasteiger partial charge is 0.171 e. The zero-order valence-electron chi connectivity index (χ0n) is 16.0. The molecule has 3 aromatic carbocycles. The highest BCUT2D eigenvalue weighted by Crippen LogP contribution is 2.25. The Kier molecular flexibility index (Phi) is 5.98. The molecule has 0 spiro atoms. The predicted molar refractivity (Wildman–Crippen MR) is 126 cm³/mol. The molecule has 1 heterocycles. The van der Waals surface area contributed by atoms with Gasteiger partial charge in [0, 0.05) is 16.6 Å². The third-order valence-electron chi connectivity index (χ3n) is 4.58. The number of nitrogens with one attached hydrogen (secondary N) is 2. The monoisotopic (exact) mass is 415 g/mol. The molecule has 0 bridgehead atoms. The summed E-state index contributed by atoms with van der Waals surface area (Å²) in [5, 5.41) is 10.5. The number of hydrogen-bond acceptors (Lipinski definition) is 3. The van der Waals surface area contributed by atoms with Gasteiger partial charge < -0.3 is 10.6 Å². The van der Waals surface area contributed by atoms with Crippen LogP contribution >= 0.6 is 23.6 Å². The van der Waals surface area contributed by atoms with Crippen LogP contribution < -0.4 is 10.6 Å². The Morgan fingerprint density at radius 1 is 0.897 bits per heavy atom. The zero-order valence-corrected chi connectivity index (χ0v) is 17.6. The number of rotatable bonds is 5. The van der Waals surface area contributed by atoms with Crippen molar-refractivity contribution in [3.8, 4) is 11.3 Å². The van der Waals surface area contributed by atoms with Gasteiger partial charge in [0.25, 0.3) is 0 Å². The van der Waals surface area contributed by atoms with Crippen molar-refractivity contribution in [3.05, 3.63) is 106 Å². The number of aromatic nitrogens is 1. The molecule has 0 saturated heterocycles. The van der Waals surface area contributed by atoms with Crippen molar-refractivity contribution in [1.82, 2.24) is 10.3 Å². The molecule has 0 fully saturated rings. The van der Waals surface area contributed by atoms with Crippen LogP contribution in [0.2, 0.25) is 0 Å². The maximum Gasteiger partial charge on any atom is 0.171 e. The van der Waals surface area contributed by atoms with Crippen LogP contribution in [0.1, 0.15) is 22.2 Å². The minimum absolute atomic E-state index is 0.0261. The second-order valence-electron chi connectivity index (χ2n) is 6.69. The van der Waals surface area contributed by atoms with Crippen LogP contribution in [0.3, 0.4) is 0 Å². The van der Waals surface area contributed by atoms with Crippen LogP contribution in [-0.4, -0.2) is 10.1 Å². The predicted octanol–water partition coefficient (Wildman–Crippen LogP) is 6.19. The van der Waals surface area contributed by atoms with Crippen molar-refractivity contribution < 1.29 is 0 Å². The lowest BCUT2D eigenvalue weighted by atomic mass is 9.99. The molecule has 0 radical (unpaired) electrons. The molecule has 2 N–H and O–H groups in total. The van der Waals surface area contributed by atoms with E-state index in [2.05, 4.69) is 57.4 Å². The van der Waals surface area contributed by atoms with E-state index in [0.717, 1.165) is 33.1 Å². The molecule has 3 nitrogen and oxygen atoms in total. The van der Waals surface area contributed by atoms with Gasteiger partial charge in [-0.1, -0.05) is 72.8 Å². The summed E-state index contributed by atoms with van der Waals surface area (Å²) in [4.78, 5) is 4.57. The molecular weight excluding hydrogens is 394 g/mol. The number of hydrogen-bond donors (Lipinski definition) is 2. The van der Waals surface area contributed by atoms with E-state index in [9.17, 15) is 0 Å². The third-order valence-corrected chi connectivity index (χ3v) is 5.57. The van der Waals surface area contributed by atoms with Crippen molar-refractivity contribution in [2.45, 2.75) is 13.0 Å². The fourth-order valence-electron chi connectivity index (χ4n) is 3.20. The Bertz CT molecular complexity index is 1050. The van der Waals surface area contributed by atoms with E-state index in [4.69, 9.17) is 12.2 Å². The lowest BCUT2D eigenvalue weighted by molar-refractivity contribution is 0.769. The van der Waals surface area contributed by atoms with Gasteiger partial charge in [-0.25, -0.2) is 4.98 Å². The SMILES string of the molecule is Cc1nc(-c2cccc(NC(=S)NC(c3ccccc3)c3ccccc3)c2)cs1. The largest absolute Gasteiger partial charge is 0.352 e. The summed E-state index contributed by atoms with van der Waals surface area (Å²) in [5.74, 6) is 0. The van der Waals surface area contributed by atoms with E-state index in [0.29, 0.717) is 5.11 Å². The van der Waals surface area contributed by atoms with E-state index >= 15 is 0 Å². The summed E-state index contributed by atoms with van der Waals surface area (Å²) in [6.45, 7) is 2.02. The molecule has 0 aliphatic rings. The van der Waals surface area contributed by atoms with E-state index in [1.165, 1.54) is 0 Å². The Morgan fingerprint density at radius 3 is 2.14 bits per heavy atom. The first kappa shape index (κ1) is 19.3. The lowest BCUT2D eigenvalue weighted by Gasteiger charge is -2.22. The summed E-state index contributed by atoms with van der Waals surface area (Å²) in [6, 6.07) is 28.8. The van der Waals surface area contributed by atoms with Crippen molar-refractivity contribution >= 4 is 34.4 Å². The minimum atomic E-state index is -0.0261. The van der Waals surface area contributed by atoms with Gasteiger partial charge in [0.1, 0.15) is 0 Å². The fraction of sp³-hybridized carbons (Fsp3) is 0.0833. The first-order valence-corrected chi connectivity index (χ1v) is 10.7. The number of aryl methyl sites for hydroxylation is 1. The molecule has 4 aromatic rings. The van der Waals surface area contributed by atoms with E-state index in [-0.39, 0.29) is 6.04 Å². The van der Waals surface area contributed by atoms with Gasteiger partial charge in [0.15, 0.2) is 5.11 Å². The van der Waals surface area contributed by atoms with Gasteiger partial charge in [0.2, 0.25) is 0 Å². The topological polar surface area (TPSA) is 37.0 Å². The van der Waals surface area contributed by atoms with E-state index in [1.807, 2.05) is 55.5 Å². The molecule has 29 heavy (non-hydrogen) atoms. The average Bonchev–Trinajstić information content (AvgIpc) is 3.20. The van der Waals surface area contributed by atoms with Crippen LogP contribution in [0.5, 0.6) is 0 Å². The first-order chi connectivity index (χ1) is 14.2. The summed E-state index contributed by atoms with van der Waals surface area (Å²) >= 11 is 7.29. The maximum atomic E-state index is 5.64. The molecule has 0 aliphatic heterocycles. The van der Waals surface area contributed by atoms with Crippen LogP contribution in [0.15, 0.2) is 90.3 Å². The van der Waals surface area contributed by atoms with Crippen molar-refractivity contribution in [3.63, 3.8) is 0 Å². The summed E-state index contributed by atoms with van der Waals surface area (Å²) in [5.41, 5.74) is 5.32. The highest BCUT2D eigenvalue weighted by Gasteiger charge is 2.15. The van der Waals surface area contributed by atoms with Crippen LogP contribution in [-0.2, 0) is 0 Å². The van der Waals surface area contributed by atoms with Crippen molar-refractivity contribution in [1.29, 1.82) is 0 Å². The highest BCUT2D eigenvalue weighted by atomic mass is 32.1. The minimum Gasteiger partial charge on any atom is -0.352 e. The molecule has 5 heteroatoms. The van der Waals surface area contributed by atoms with Gasteiger partial charge in [-0.05, 0) is 42.4 Å². The van der Waals surface area contributed by atoms with Crippen molar-refractivity contribution in [2.75, 3.05) is 5.32 Å². The summed E-state index contributed by atoms with van der Waals surface area (Å²) in [7, 11) is 0. The molecule has 1 aromatic heterocycles. The number of thiocarbonyl (C=S) groups is 1. The molecule has 0 saturated carbocycles. The third kappa shape index (κ3) is 4.88. The Labute approximate surface area is 180 Å². The summed E-state index contributed by atoms with van der Waals surface area (Å²) in [6.07, 6.45) is 0. The average molecular weight is 416 g/mol. The molecule has 0 atom stereocenters. The van der Waals surface area contributed by atoms with Gasteiger partial charge in [-0.15, -0.1) is 11.3 Å². The van der Waals surface area contributed by atoms with E-state index in [1.54, 1.807) is 11.3 Å². The zero-order chi connectivity index (χ0) is 20.1. The second kappa shape index (κ2) is 8.99. The van der Waals surface area contributed by atoms with Crippen LogP contribution in [0.25, 0.3) is 11.3 Å². The number of thiazole rings is 1. The fourth-order valence-corrected chi connectivity index (χ4v) is 4.06. The molecular formula is C24H21N3S2. The Hall–Kier alpha value is -3.02. The van der Waals surface area contributed by atoms with Gasteiger partial charge >= 0.3 is 0 Å². The van der Waals surface area contributed by atoms with Gasteiger partial charge in [0.05, 0.1) is 16.7 Å². The second-order valence-corrected chi connectivity index (χ2v) is 8.16. The van der Waals surface area contributed by atoms with E-state index < -0.39 is 0 Å². The normalized spacial score (nSPS) is 10.7. The molecule has 144 valence electrons. The lowest BCUT2D eigenvalue weighted by Crippen LogP contribution is -2.33. The number of benzene rings is 3. The quantitative estimate of drug-likeness (QED) is 0.381. The Morgan fingerprint density at radius 2 is 1.55 bits per heavy atom. The van der Waals surface area contributed by atoms with Gasteiger partial charge in [-0.3, -0.25) is 0 Å². The molecule has 0 aliphatic carbocycles. The Balaban J connectivity index is 1.53. The summed E-state index contributed by atoms with van der Waals surface area (Å²) < 4.78 is 0. The molecule has 4 rings (SSSR count). The van der Waals surface area contributed by atoms with Gasteiger partial charge in [-0.2, -0.15) is 0 Å². The van der Waals surface area contributed by atoms with Crippen LogP contribution in [0, 0.1) is 6.92 Å². The van der Waals surface area contributed by atoms with Crippen molar-refractivity contribution in [2.24, 2.45) is 0 Å². The first-order valence-electron chi connectivity index (χ1n) is 9.39. The number of anilines is 1. The van der Waals surface area contributed by atoms with Crippen LogP contribution in [0.4, 0.5) is 5.69 Å². The number of nitrogens with zero attached hydrogens (tertiary/aromatic N) is 1. The molecule has 0 unspecified atom stereocenters.